The van der Waals surface area contributed by atoms with Crippen LogP contribution in [0, 0.1) is 5.92 Å². The van der Waals surface area contributed by atoms with E-state index in [0.717, 1.165) is 36.8 Å². The van der Waals surface area contributed by atoms with E-state index in [2.05, 4.69) is 10.4 Å². The van der Waals surface area contributed by atoms with Gasteiger partial charge in [0.05, 0.1) is 5.52 Å². The Balaban J connectivity index is 1.61. The zero-order chi connectivity index (χ0) is 14.7. The number of hydrogen-bond acceptors (Lipinski definition) is 3. The van der Waals surface area contributed by atoms with E-state index < -0.39 is 6.10 Å². The molecule has 0 bridgehead atoms. The molecule has 1 aliphatic rings. The van der Waals surface area contributed by atoms with Gasteiger partial charge in [-0.3, -0.25) is 4.79 Å². The molecule has 2 aromatic rings. The van der Waals surface area contributed by atoms with Crippen molar-refractivity contribution >= 4 is 11.4 Å². The summed E-state index contributed by atoms with van der Waals surface area (Å²) in [4.78, 5) is 12.1. The Morgan fingerprint density at radius 2 is 2.19 bits per heavy atom. The number of amides is 1. The van der Waals surface area contributed by atoms with Gasteiger partial charge < -0.3 is 10.4 Å². The molecule has 3 rings (SSSR count). The molecule has 2 N–H and O–H groups in total. The summed E-state index contributed by atoms with van der Waals surface area (Å²) in [6, 6.07) is 5.78. The summed E-state index contributed by atoms with van der Waals surface area (Å²) in [6.45, 7) is 0.415. The third kappa shape index (κ3) is 3.08. The Labute approximate surface area is 124 Å². The average molecular weight is 287 g/mol. The lowest BCUT2D eigenvalue weighted by atomic mass is 9.85. The summed E-state index contributed by atoms with van der Waals surface area (Å²) >= 11 is 0. The average Bonchev–Trinajstić information content (AvgIpc) is 3.02. The molecule has 2 aromatic heterocycles. The van der Waals surface area contributed by atoms with Crippen LogP contribution >= 0.6 is 0 Å². The van der Waals surface area contributed by atoms with Crippen LogP contribution in [0.25, 0.3) is 5.52 Å². The van der Waals surface area contributed by atoms with E-state index in [1.165, 1.54) is 6.42 Å². The second-order valence-electron chi connectivity index (χ2n) is 5.76. The lowest BCUT2D eigenvalue weighted by Crippen LogP contribution is -2.39. The summed E-state index contributed by atoms with van der Waals surface area (Å²) in [7, 11) is 0. The van der Waals surface area contributed by atoms with Crippen LogP contribution in [0.3, 0.4) is 0 Å². The summed E-state index contributed by atoms with van der Waals surface area (Å²) < 4.78 is 1.78. The van der Waals surface area contributed by atoms with Gasteiger partial charge in [0.2, 0.25) is 5.91 Å². The molecule has 0 radical (unpaired) electrons. The first kappa shape index (κ1) is 14.1. The lowest BCUT2D eigenvalue weighted by Gasteiger charge is -2.25. The number of carbonyl (C=O) groups is 1. The molecule has 1 saturated carbocycles. The molecule has 0 aliphatic heterocycles. The van der Waals surface area contributed by atoms with Crippen molar-refractivity contribution in [2.24, 2.45) is 5.92 Å². The van der Waals surface area contributed by atoms with Gasteiger partial charge in [0.1, 0.15) is 6.10 Å². The molecule has 1 amide bonds. The number of hydrogen-bond donors (Lipinski definition) is 2. The van der Waals surface area contributed by atoms with E-state index >= 15 is 0 Å². The second kappa shape index (κ2) is 6.26. The van der Waals surface area contributed by atoms with E-state index in [1.54, 1.807) is 10.7 Å². The molecule has 5 nitrogen and oxygen atoms in total. The van der Waals surface area contributed by atoms with E-state index in [4.69, 9.17) is 0 Å². The number of nitrogens with zero attached hydrogens (tertiary/aromatic N) is 2. The topological polar surface area (TPSA) is 66.6 Å². The molecule has 1 aliphatic carbocycles. The van der Waals surface area contributed by atoms with Gasteiger partial charge in [0, 0.05) is 18.9 Å². The summed E-state index contributed by atoms with van der Waals surface area (Å²) in [5.74, 6) is -0.145. The summed E-state index contributed by atoms with van der Waals surface area (Å²) in [6.07, 6.45) is 8.08. The van der Waals surface area contributed by atoms with Crippen molar-refractivity contribution in [3.05, 3.63) is 36.2 Å². The van der Waals surface area contributed by atoms with Crippen LogP contribution in [0.2, 0.25) is 0 Å². The summed E-state index contributed by atoms with van der Waals surface area (Å²) in [5.41, 5.74) is 1.98. The van der Waals surface area contributed by atoms with Gasteiger partial charge in [-0.15, -0.1) is 0 Å². The van der Waals surface area contributed by atoms with Crippen LogP contribution in [-0.2, 0) is 11.3 Å². The van der Waals surface area contributed by atoms with Crippen LogP contribution in [0.5, 0.6) is 0 Å². The van der Waals surface area contributed by atoms with Crippen molar-refractivity contribution in [1.29, 1.82) is 0 Å². The molecular formula is C16H21N3O2. The van der Waals surface area contributed by atoms with E-state index in [9.17, 15) is 9.90 Å². The Morgan fingerprint density at radius 1 is 1.38 bits per heavy atom. The fraction of sp³-hybridized carbons (Fsp3) is 0.500. The SMILES string of the molecule is O=C(NCc1cccn2nccc12)[C@H](O)C1CCCCC1. The number of aromatic nitrogens is 2. The van der Waals surface area contributed by atoms with Crippen molar-refractivity contribution in [3.8, 4) is 0 Å². The van der Waals surface area contributed by atoms with Crippen molar-refractivity contribution in [3.63, 3.8) is 0 Å². The minimum atomic E-state index is -0.880. The minimum absolute atomic E-state index is 0.115. The molecule has 0 unspecified atom stereocenters. The number of nitrogens with one attached hydrogen (secondary N) is 1. The van der Waals surface area contributed by atoms with Crippen LogP contribution in [-0.4, -0.2) is 26.7 Å². The van der Waals surface area contributed by atoms with Gasteiger partial charge in [0.25, 0.3) is 0 Å². The standard InChI is InChI=1S/C16H21N3O2/c20-15(12-5-2-1-3-6-12)16(21)17-11-13-7-4-10-19-14(13)8-9-18-19/h4,7-10,12,15,20H,1-3,5-6,11H2,(H,17,21)/t15-/m1/s1. The lowest BCUT2D eigenvalue weighted by molar-refractivity contribution is -0.132. The van der Waals surface area contributed by atoms with Crippen molar-refractivity contribution in [1.82, 2.24) is 14.9 Å². The smallest absolute Gasteiger partial charge is 0.249 e. The maximum atomic E-state index is 12.1. The molecule has 2 heterocycles. The molecule has 112 valence electrons. The maximum Gasteiger partial charge on any atom is 0.249 e. The molecule has 0 aromatic carbocycles. The van der Waals surface area contributed by atoms with Gasteiger partial charge in [-0.05, 0) is 36.5 Å². The van der Waals surface area contributed by atoms with Gasteiger partial charge in [-0.2, -0.15) is 5.10 Å². The number of fused-ring (bicyclic) bond motifs is 1. The van der Waals surface area contributed by atoms with Crippen molar-refractivity contribution in [2.45, 2.75) is 44.8 Å². The van der Waals surface area contributed by atoms with Crippen molar-refractivity contribution < 1.29 is 9.90 Å². The second-order valence-corrected chi connectivity index (χ2v) is 5.76. The van der Waals surface area contributed by atoms with Crippen LogP contribution in [0.15, 0.2) is 30.6 Å². The predicted octanol–water partition coefficient (Wildman–Crippen LogP) is 1.89. The summed E-state index contributed by atoms with van der Waals surface area (Å²) in [5, 5.41) is 17.2. The highest BCUT2D eigenvalue weighted by atomic mass is 16.3. The van der Waals surface area contributed by atoms with Crippen molar-refractivity contribution in [2.75, 3.05) is 0 Å². The monoisotopic (exact) mass is 287 g/mol. The molecule has 21 heavy (non-hydrogen) atoms. The highest BCUT2D eigenvalue weighted by Gasteiger charge is 2.27. The number of pyridine rings is 1. The highest BCUT2D eigenvalue weighted by molar-refractivity contribution is 5.81. The molecular weight excluding hydrogens is 266 g/mol. The van der Waals surface area contributed by atoms with Crippen LogP contribution in [0.4, 0.5) is 0 Å². The first-order valence-corrected chi connectivity index (χ1v) is 7.63. The number of aliphatic hydroxyl groups is 1. The molecule has 0 saturated heterocycles. The quantitative estimate of drug-likeness (QED) is 0.902. The minimum Gasteiger partial charge on any atom is -0.383 e. The Morgan fingerprint density at radius 3 is 3.00 bits per heavy atom. The van der Waals surface area contributed by atoms with E-state index in [0.29, 0.717) is 6.54 Å². The zero-order valence-electron chi connectivity index (χ0n) is 12.0. The Bertz CT molecular complexity index is 617. The van der Waals surface area contributed by atoms with Gasteiger partial charge >= 0.3 is 0 Å². The van der Waals surface area contributed by atoms with Gasteiger partial charge in [-0.1, -0.05) is 25.3 Å². The van der Waals surface area contributed by atoms with Gasteiger partial charge in [-0.25, -0.2) is 4.52 Å². The van der Waals surface area contributed by atoms with Crippen LogP contribution < -0.4 is 5.32 Å². The predicted molar refractivity (Wildman–Crippen MR) is 79.6 cm³/mol. The third-order valence-electron chi connectivity index (χ3n) is 4.34. The maximum absolute atomic E-state index is 12.1. The molecule has 1 atom stereocenters. The Kier molecular flexibility index (Phi) is 4.20. The highest BCUT2D eigenvalue weighted by Crippen LogP contribution is 2.26. The largest absolute Gasteiger partial charge is 0.383 e. The fourth-order valence-electron chi connectivity index (χ4n) is 3.11. The molecule has 5 heteroatoms. The first-order chi connectivity index (χ1) is 10.3. The normalized spacial score (nSPS) is 17.8. The number of rotatable bonds is 4. The molecule has 0 spiro atoms. The van der Waals surface area contributed by atoms with Gasteiger partial charge in [0.15, 0.2) is 0 Å². The van der Waals surface area contributed by atoms with E-state index in [1.807, 2.05) is 24.4 Å². The first-order valence-electron chi connectivity index (χ1n) is 7.63. The number of aliphatic hydroxyl groups excluding tert-OH is 1. The zero-order valence-corrected chi connectivity index (χ0v) is 12.0. The Hall–Kier alpha value is -1.88. The van der Waals surface area contributed by atoms with Crippen LogP contribution in [0.1, 0.15) is 37.7 Å². The number of carbonyl (C=O) groups excluding carboxylic acids is 1. The fourth-order valence-corrected chi connectivity index (χ4v) is 3.11. The molecule has 1 fully saturated rings. The third-order valence-corrected chi connectivity index (χ3v) is 4.34. The van der Waals surface area contributed by atoms with E-state index in [-0.39, 0.29) is 11.8 Å².